The number of hydrogen-bond donors (Lipinski definition) is 1. The molecular weight excluding hydrogens is 284 g/mol. The lowest BCUT2D eigenvalue weighted by Gasteiger charge is -2.34. The second kappa shape index (κ2) is 6.69. The molecule has 1 N–H and O–H groups in total. The summed E-state index contributed by atoms with van der Waals surface area (Å²) in [4.78, 5) is 13.7. The average molecular weight is 309 g/mol. The molecule has 1 saturated carbocycles. The number of nitrogens with one attached hydrogen (secondary N) is 1. The van der Waals surface area contributed by atoms with Crippen LogP contribution in [-0.4, -0.2) is 30.9 Å². The molecular formula is C17H25ClN2O. The maximum absolute atomic E-state index is 12.1. The van der Waals surface area contributed by atoms with E-state index in [2.05, 4.69) is 19.2 Å². The van der Waals surface area contributed by atoms with E-state index in [1.54, 1.807) is 25.1 Å². The van der Waals surface area contributed by atoms with E-state index in [-0.39, 0.29) is 5.91 Å². The van der Waals surface area contributed by atoms with E-state index in [1.807, 2.05) is 12.1 Å². The lowest BCUT2D eigenvalue weighted by Crippen LogP contribution is -2.33. The van der Waals surface area contributed by atoms with Crippen LogP contribution in [0.2, 0.25) is 5.02 Å². The van der Waals surface area contributed by atoms with Gasteiger partial charge in [-0.2, -0.15) is 0 Å². The summed E-state index contributed by atoms with van der Waals surface area (Å²) in [6.45, 7) is 4.62. The Bertz CT molecular complexity index is 516. The van der Waals surface area contributed by atoms with Crippen LogP contribution in [-0.2, 0) is 0 Å². The molecule has 0 bridgehead atoms. The van der Waals surface area contributed by atoms with E-state index in [4.69, 9.17) is 11.6 Å². The SMILES string of the molecule is CC1CCC(Nc2ccc(Cl)c(C(=O)N(C)C)c2)C(C)C1. The van der Waals surface area contributed by atoms with Crippen LogP contribution in [0.25, 0.3) is 0 Å². The Kier molecular flexibility index (Phi) is 5.15. The van der Waals surface area contributed by atoms with Crippen molar-refractivity contribution in [3.63, 3.8) is 0 Å². The Labute approximate surface area is 132 Å². The van der Waals surface area contributed by atoms with Crippen LogP contribution in [0.4, 0.5) is 5.69 Å². The third kappa shape index (κ3) is 3.91. The second-order valence-electron chi connectivity index (χ2n) is 6.54. The summed E-state index contributed by atoms with van der Waals surface area (Å²) < 4.78 is 0. The number of carbonyl (C=O) groups excluding carboxylic acids is 1. The van der Waals surface area contributed by atoms with Crippen molar-refractivity contribution in [1.29, 1.82) is 0 Å². The molecule has 3 nitrogen and oxygen atoms in total. The number of rotatable bonds is 3. The number of anilines is 1. The largest absolute Gasteiger partial charge is 0.382 e. The third-order valence-corrected chi connectivity index (χ3v) is 4.72. The maximum atomic E-state index is 12.1. The van der Waals surface area contributed by atoms with Gasteiger partial charge < -0.3 is 10.2 Å². The predicted octanol–water partition coefficient (Wildman–Crippen LogP) is 4.28. The summed E-state index contributed by atoms with van der Waals surface area (Å²) in [6.07, 6.45) is 3.70. The quantitative estimate of drug-likeness (QED) is 0.904. The maximum Gasteiger partial charge on any atom is 0.254 e. The zero-order chi connectivity index (χ0) is 15.6. The first-order valence-corrected chi connectivity index (χ1v) is 8.04. The molecule has 0 spiro atoms. The van der Waals surface area contributed by atoms with Gasteiger partial charge in [-0.3, -0.25) is 4.79 Å². The van der Waals surface area contributed by atoms with Crippen molar-refractivity contribution in [2.75, 3.05) is 19.4 Å². The molecule has 4 heteroatoms. The zero-order valence-electron chi connectivity index (χ0n) is 13.3. The third-order valence-electron chi connectivity index (χ3n) is 4.39. The molecule has 0 radical (unpaired) electrons. The summed E-state index contributed by atoms with van der Waals surface area (Å²) in [5.41, 5.74) is 1.54. The first-order chi connectivity index (χ1) is 9.88. The molecule has 116 valence electrons. The first kappa shape index (κ1) is 16.2. The van der Waals surface area contributed by atoms with Crippen LogP contribution in [0.15, 0.2) is 18.2 Å². The topological polar surface area (TPSA) is 32.3 Å². The van der Waals surface area contributed by atoms with E-state index in [0.717, 1.165) is 11.6 Å². The fourth-order valence-corrected chi connectivity index (χ4v) is 3.31. The minimum absolute atomic E-state index is 0.0611. The number of nitrogens with zero attached hydrogens (tertiary/aromatic N) is 1. The summed E-state index contributed by atoms with van der Waals surface area (Å²) in [5.74, 6) is 1.40. The average Bonchev–Trinajstić information content (AvgIpc) is 2.43. The molecule has 21 heavy (non-hydrogen) atoms. The molecule has 3 atom stereocenters. The minimum atomic E-state index is -0.0611. The normalized spacial score (nSPS) is 25.5. The Balaban J connectivity index is 2.14. The van der Waals surface area contributed by atoms with Crippen LogP contribution in [0, 0.1) is 11.8 Å². The predicted molar refractivity (Wildman–Crippen MR) is 89.1 cm³/mol. The van der Waals surface area contributed by atoms with Crippen LogP contribution in [0.3, 0.4) is 0 Å². The van der Waals surface area contributed by atoms with Gasteiger partial charge in [0, 0.05) is 25.8 Å². The van der Waals surface area contributed by atoms with Crippen LogP contribution in [0.1, 0.15) is 43.5 Å². The molecule has 1 aromatic rings. The van der Waals surface area contributed by atoms with Gasteiger partial charge in [0.15, 0.2) is 0 Å². The monoisotopic (exact) mass is 308 g/mol. The van der Waals surface area contributed by atoms with E-state index in [9.17, 15) is 4.79 Å². The summed E-state index contributed by atoms with van der Waals surface area (Å²) in [6, 6.07) is 6.11. The standard InChI is InChI=1S/C17H25ClN2O/c1-11-5-8-16(12(2)9-11)19-13-6-7-15(18)14(10-13)17(21)20(3)4/h6-7,10-12,16,19H,5,8-9H2,1-4H3. The summed E-state index contributed by atoms with van der Waals surface area (Å²) in [7, 11) is 3.48. The van der Waals surface area contributed by atoms with Crippen LogP contribution in [0.5, 0.6) is 0 Å². The van der Waals surface area contributed by atoms with Gasteiger partial charge in [0.25, 0.3) is 5.91 Å². The molecule has 1 fully saturated rings. The first-order valence-electron chi connectivity index (χ1n) is 7.66. The number of carbonyl (C=O) groups is 1. The molecule has 2 rings (SSSR count). The highest BCUT2D eigenvalue weighted by atomic mass is 35.5. The van der Waals surface area contributed by atoms with Crippen LogP contribution >= 0.6 is 11.6 Å². The molecule has 1 amide bonds. The van der Waals surface area contributed by atoms with Gasteiger partial charge in [0.1, 0.15) is 0 Å². The van der Waals surface area contributed by atoms with E-state index < -0.39 is 0 Å². The number of hydrogen-bond acceptors (Lipinski definition) is 2. The van der Waals surface area contributed by atoms with E-state index in [0.29, 0.717) is 22.5 Å². The van der Waals surface area contributed by atoms with Gasteiger partial charge in [-0.1, -0.05) is 25.4 Å². The van der Waals surface area contributed by atoms with Crippen molar-refractivity contribution in [2.45, 2.75) is 39.2 Å². The summed E-state index contributed by atoms with van der Waals surface area (Å²) in [5, 5.41) is 4.09. The fourth-order valence-electron chi connectivity index (χ4n) is 3.11. The second-order valence-corrected chi connectivity index (χ2v) is 6.95. The Morgan fingerprint density at radius 2 is 2.00 bits per heavy atom. The van der Waals surface area contributed by atoms with Crippen molar-refractivity contribution >= 4 is 23.2 Å². The molecule has 0 aromatic heterocycles. The Hall–Kier alpha value is -1.22. The van der Waals surface area contributed by atoms with Crippen molar-refractivity contribution in [2.24, 2.45) is 11.8 Å². The van der Waals surface area contributed by atoms with Crippen molar-refractivity contribution < 1.29 is 4.79 Å². The summed E-state index contributed by atoms with van der Waals surface area (Å²) >= 11 is 6.15. The lowest BCUT2D eigenvalue weighted by atomic mass is 9.80. The van der Waals surface area contributed by atoms with E-state index in [1.165, 1.54) is 19.3 Å². The Morgan fingerprint density at radius 1 is 1.29 bits per heavy atom. The van der Waals surface area contributed by atoms with Crippen molar-refractivity contribution in [3.05, 3.63) is 28.8 Å². The fraction of sp³-hybridized carbons (Fsp3) is 0.588. The molecule has 3 unspecified atom stereocenters. The molecule has 0 heterocycles. The smallest absolute Gasteiger partial charge is 0.254 e. The number of amides is 1. The lowest BCUT2D eigenvalue weighted by molar-refractivity contribution is 0.0828. The van der Waals surface area contributed by atoms with Gasteiger partial charge in [0.2, 0.25) is 0 Å². The molecule has 1 aliphatic rings. The van der Waals surface area contributed by atoms with Gasteiger partial charge in [-0.15, -0.1) is 0 Å². The minimum Gasteiger partial charge on any atom is -0.382 e. The van der Waals surface area contributed by atoms with Gasteiger partial charge in [-0.05, 0) is 49.3 Å². The molecule has 1 aromatic carbocycles. The number of halogens is 1. The van der Waals surface area contributed by atoms with Gasteiger partial charge in [-0.25, -0.2) is 0 Å². The zero-order valence-corrected chi connectivity index (χ0v) is 14.1. The van der Waals surface area contributed by atoms with E-state index >= 15 is 0 Å². The Morgan fingerprint density at radius 3 is 2.62 bits per heavy atom. The van der Waals surface area contributed by atoms with Gasteiger partial charge >= 0.3 is 0 Å². The van der Waals surface area contributed by atoms with Crippen molar-refractivity contribution in [1.82, 2.24) is 4.90 Å². The number of benzene rings is 1. The highest BCUT2D eigenvalue weighted by Crippen LogP contribution is 2.31. The highest BCUT2D eigenvalue weighted by molar-refractivity contribution is 6.34. The molecule has 0 aliphatic heterocycles. The molecule has 1 aliphatic carbocycles. The van der Waals surface area contributed by atoms with Crippen molar-refractivity contribution in [3.8, 4) is 0 Å². The van der Waals surface area contributed by atoms with Gasteiger partial charge in [0.05, 0.1) is 10.6 Å². The highest BCUT2D eigenvalue weighted by Gasteiger charge is 2.25. The molecule has 0 saturated heterocycles. The van der Waals surface area contributed by atoms with Crippen LogP contribution < -0.4 is 5.32 Å².